The number of aromatic nitrogens is 3. The number of nitrogens with zero attached hydrogens (tertiary/aromatic N) is 5. The van der Waals surface area contributed by atoms with Crippen LogP contribution in [0.15, 0.2) is 12.3 Å². The molecule has 0 unspecified atom stereocenters. The molecule has 1 N–H and O–H groups in total. The molecule has 2 aromatic heterocycles. The molecule has 3 fully saturated rings. The number of carbonyl (C=O) groups is 1. The van der Waals surface area contributed by atoms with Gasteiger partial charge >= 0.3 is 0 Å². The van der Waals surface area contributed by atoms with Crippen LogP contribution in [0.25, 0.3) is 11.0 Å². The summed E-state index contributed by atoms with van der Waals surface area (Å²) in [6, 6.07) is 3.86. The first kappa shape index (κ1) is 23.4. The Labute approximate surface area is 209 Å². The van der Waals surface area contributed by atoms with Crippen molar-refractivity contribution in [2.75, 3.05) is 31.5 Å². The number of Topliss-reactive ketones (excluding diaryl/α,β-unsaturated/α-hetero) is 1. The molecule has 2 saturated carbocycles. The Balaban J connectivity index is 1.14. The van der Waals surface area contributed by atoms with E-state index in [0.29, 0.717) is 18.5 Å². The minimum atomic E-state index is 0.0759. The molecular weight excluding hydrogens is 436 g/mol. The van der Waals surface area contributed by atoms with E-state index in [0.717, 1.165) is 35.1 Å². The molecule has 0 aromatic carbocycles. The number of nitrogens with one attached hydrogen (secondary N) is 1. The highest BCUT2D eigenvalue weighted by molar-refractivity contribution is 6.00. The van der Waals surface area contributed by atoms with E-state index >= 15 is 0 Å². The Morgan fingerprint density at radius 3 is 2.46 bits per heavy atom. The summed E-state index contributed by atoms with van der Waals surface area (Å²) in [6.45, 7) is 9.44. The molecule has 190 valence electrons. The molecule has 4 aliphatic rings. The Morgan fingerprint density at radius 2 is 1.74 bits per heavy atom. The van der Waals surface area contributed by atoms with Gasteiger partial charge in [0.05, 0.1) is 5.69 Å². The van der Waals surface area contributed by atoms with Gasteiger partial charge in [0, 0.05) is 67.8 Å². The summed E-state index contributed by atoms with van der Waals surface area (Å²) in [5, 5.41) is 4.68. The van der Waals surface area contributed by atoms with Crippen LogP contribution in [-0.4, -0.2) is 74.4 Å². The quantitative estimate of drug-likeness (QED) is 0.680. The van der Waals surface area contributed by atoms with Crippen LogP contribution in [0.4, 0.5) is 5.95 Å². The van der Waals surface area contributed by atoms with Gasteiger partial charge in [-0.15, -0.1) is 0 Å². The maximum absolute atomic E-state index is 12.8. The summed E-state index contributed by atoms with van der Waals surface area (Å²) in [6.07, 6.45) is 14.5. The van der Waals surface area contributed by atoms with Crippen molar-refractivity contribution in [3.63, 3.8) is 0 Å². The molecule has 2 aliphatic heterocycles. The van der Waals surface area contributed by atoms with Crippen molar-refractivity contribution in [1.29, 1.82) is 0 Å². The van der Waals surface area contributed by atoms with E-state index in [1.165, 1.54) is 84.0 Å². The highest BCUT2D eigenvalue weighted by Gasteiger charge is 2.41. The fourth-order valence-corrected chi connectivity index (χ4v) is 7.40. The third-order valence-electron chi connectivity index (χ3n) is 9.53. The predicted molar refractivity (Wildman–Crippen MR) is 140 cm³/mol. The molecule has 1 spiro atoms. The number of rotatable bonds is 4. The molecule has 1 saturated heterocycles. The lowest BCUT2D eigenvalue weighted by Crippen LogP contribution is -2.53. The standard InChI is InChI=1S/C28H42N6O/c1-20(2)32-14-16-33(17-15-32)23-8-6-22(7-9-23)30-27-29-19-21-18-24-25(35)10-13-28(11-4-3-5-12-28)34(24)26(21)31-27/h18-20,22-23H,3-17H2,1-2H3,(H,29,30,31). The molecular formula is C28H42N6O. The van der Waals surface area contributed by atoms with E-state index in [9.17, 15) is 4.79 Å². The second-order valence-corrected chi connectivity index (χ2v) is 11.9. The Morgan fingerprint density at radius 1 is 1.00 bits per heavy atom. The number of carbonyl (C=O) groups excluding carboxylic acids is 1. The Bertz CT molecular complexity index is 1050. The van der Waals surface area contributed by atoms with Crippen LogP contribution >= 0.6 is 0 Å². The van der Waals surface area contributed by atoms with Crippen molar-refractivity contribution in [1.82, 2.24) is 24.3 Å². The molecule has 35 heavy (non-hydrogen) atoms. The topological polar surface area (TPSA) is 66.3 Å². The lowest BCUT2D eigenvalue weighted by molar-refractivity contribution is 0.0630. The third-order valence-corrected chi connectivity index (χ3v) is 9.53. The summed E-state index contributed by atoms with van der Waals surface area (Å²) in [4.78, 5) is 27.8. The van der Waals surface area contributed by atoms with Crippen molar-refractivity contribution in [3.8, 4) is 0 Å². The van der Waals surface area contributed by atoms with Crippen LogP contribution in [0.1, 0.15) is 95.0 Å². The largest absolute Gasteiger partial charge is 0.351 e. The molecule has 2 aliphatic carbocycles. The van der Waals surface area contributed by atoms with Gasteiger partial charge in [-0.3, -0.25) is 14.6 Å². The number of fused-ring (bicyclic) bond motifs is 4. The summed E-state index contributed by atoms with van der Waals surface area (Å²) in [5.74, 6) is 0.998. The minimum absolute atomic E-state index is 0.0759. The van der Waals surface area contributed by atoms with Crippen LogP contribution in [0, 0.1) is 0 Å². The van der Waals surface area contributed by atoms with Gasteiger partial charge in [-0.05, 0) is 64.9 Å². The third kappa shape index (κ3) is 4.39. The van der Waals surface area contributed by atoms with E-state index in [4.69, 9.17) is 4.98 Å². The van der Waals surface area contributed by atoms with Crippen LogP contribution in [-0.2, 0) is 5.54 Å². The first-order valence-corrected chi connectivity index (χ1v) is 14.2. The highest BCUT2D eigenvalue weighted by Crippen LogP contribution is 2.45. The average Bonchev–Trinajstić information content (AvgIpc) is 3.28. The molecule has 0 amide bonds. The van der Waals surface area contributed by atoms with E-state index in [2.05, 4.69) is 38.5 Å². The van der Waals surface area contributed by atoms with Gasteiger partial charge in [0.25, 0.3) is 0 Å². The Hall–Kier alpha value is -1.99. The molecule has 4 heterocycles. The fourth-order valence-electron chi connectivity index (χ4n) is 7.40. The zero-order chi connectivity index (χ0) is 24.0. The molecule has 0 bridgehead atoms. The highest BCUT2D eigenvalue weighted by atomic mass is 16.1. The van der Waals surface area contributed by atoms with E-state index in [1.54, 1.807) is 0 Å². The molecule has 7 heteroatoms. The molecule has 0 radical (unpaired) electrons. The van der Waals surface area contributed by atoms with Crippen molar-refractivity contribution >= 4 is 22.8 Å². The van der Waals surface area contributed by atoms with Gasteiger partial charge in [-0.25, -0.2) is 4.98 Å². The molecule has 2 aromatic rings. The number of hydrogen-bond donors (Lipinski definition) is 1. The van der Waals surface area contributed by atoms with Gasteiger partial charge in [-0.2, -0.15) is 4.98 Å². The maximum Gasteiger partial charge on any atom is 0.224 e. The maximum atomic E-state index is 12.8. The normalized spacial score (nSPS) is 28.0. The predicted octanol–water partition coefficient (Wildman–Crippen LogP) is 4.82. The average molecular weight is 479 g/mol. The summed E-state index contributed by atoms with van der Waals surface area (Å²) < 4.78 is 2.33. The molecule has 7 nitrogen and oxygen atoms in total. The van der Waals surface area contributed by atoms with E-state index < -0.39 is 0 Å². The van der Waals surface area contributed by atoms with Crippen molar-refractivity contribution in [3.05, 3.63) is 18.0 Å². The SMILES string of the molecule is CC(C)N1CCN(C2CCC(Nc3ncc4cc5n(c4n3)C3(CCCCC3)CCC5=O)CC2)CC1. The Kier molecular flexibility index (Phi) is 6.33. The molecule has 6 rings (SSSR count). The van der Waals surface area contributed by atoms with Crippen LogP contribution in [0.5, 0.6) is 0 Å². The minimum Gasteiger partial charge on any atom is -0.351 e. The number of hydrogen-bond acceptors (Lipinski definition) is 6. The van der Waals surface area contributed by atoms with Gasteiger partial charge in [0.1, 0.15) is 5.65 Å². The first-order valence-electron chi connectivity index (χ1n) is 14.2. The summed E-state index contributed by atoms with van der Waals surface area (Å²) in [5.41, 5.74) is 1.90. The van der Waals surface area contributed by atoms with Crippen molar-refractivity contribution < 1.29 is 4.79 Å². The number of ketones is 1. The number of anilines is 1. The monoisotopic (exact) mass is 478 g/mol. The lowest BCUT2D eigenvalue weighted by atomic mass is 9.75. The fraction of sp³-hybridized carbons (Fsp3) is 0.750. The van der Waals surface area contributed by atoms with Crippen LogP contribution < -0.4 is 5.32 Å². The second-order valence-electron chi connectivity index (χ2n) is 11.9. The van der Waals surface area contributed by atoms with E-state index in [-0.39, 0.29) is 11.3 Å². The van der Waals surface area contributed by atoms with Crippen LogP contribution in [0.3, 0.4) is 0 Å². The summed E-state index contributed by atoms with van der Waals surface area (Å²) in [7, 11) is 0. The van der Waals surface area contributed by atoms with Gasteiger partial charge in [0.2, 0.25) is 5.95 Å². The van der Waals surface area contributed by atoms with Crippen molar-refractivity contribution in [2.24, 2.45) is 0 Å². The lowest BCUT2D eigenvalue weighted by Gasteiger charge is -2.43. The second kappa shape index (κ2) is 9.47. The molecule has 0 atom stereocenters. The van der Waals surface area contributed by atoms with Crippen LogP contribution in [0.2, 0.25) is 0 Å². The van der Waals surface area contributed by atoms with Gasteiger partial charge in [-0.1, -0.05) is 19.3 Å². The van der Waals surface area contributed by atoms with Gasteiger partial charge in [0.15, 0.2) is 5.78 Å². The van der Waals surface area contributed by atoms with Crippen molar-refractivity contribution in [2.45, 2.75) is 108 Å². The smallest absolute Gasteiger partial charge is 0.224 e. The van der Waals surface area contributed by atoms with E-state index in [1.807, 2.05) is 12.3 Å². The first-order chi connectivity index (χ1) is 17.0. The summed E-state index contributed by atoms with van der Waals surface area (Å²) >= 11 is 0. The zero-order valence-electron chi connectivity index (χ0n) is 21.6. The van der Waals surface area contributed by atoms with Gasteiger partial charge < -0.3 is 9.88 Å². The number of piperazine rings is 1. The zero-order valence-corrected chi connectivity index (χ0v) is 21.6.